The molecular weight excluding hydrogens is 264 g/mol. The van der Waals surface area contributed by atoms with E-state index in [4.69, 9.17) is 0 Å². The molecule has 2 rings (SSSR count). The number of rotatable bonds is 3. The number of carbonyl (C=O) groups excluding carboxylic acids is 2. The van der Waals surface area contributed by atoms with Gasteiger partial charge in [-0.15, -0.1) is 0 Å². The van der Waals surface area contributed by atoms with Crippen LogP contribution in [-0.4, -0.2) is 11.8 Å². The SMILES string of the molecule is CC(C)C1C(=O)Nc2ccc(NC(=O)CC(C)(C)C)cc21. The maximum absolute atomic E-state index is 12.0. The van der Waals surface area contributed by atoms with Gasteiger partial charge in [-0.05, 0) is 35.1 Å². The van der Waals surface area contributed by atoms with Crippen molar-refractivity contribution in [3.05, 3.63) is 23.8 Å². The second kappa shape index (κ2) is 5.51. The van der Waals surface area contributed by atoms with Crippen molar-refractivity contribution in [3.8, 4) is 0 Å². The Balaban J connectivity index is 2.18. The fraction of sp³-hybridized carbons (Fsp3) is 0.529. The summed E-state index contributed by atoms with van der Waals surface area (Å²) < 4.78 is 0. The topological polar surface area (TPSA) is 58.2 Å². The molecule has 1 aromatic carbocycles. The smallest absolute Gasteiger partial charge is 0.232 e. The molecule has 0 aliphatic carbocycles. The molecule has 0 bridgehead atoms. The van der Waals surface area contributed by atoms with E-state index in [1.165, 1.54) is 0 Å². The highest BCUT2D eigenvalue weighted by atomic mass is 16.2. The molecule has 4 heteroatoms. The number of hydrogen-bond acceptors (Lipinski definition) is 2. The normalized spacial score (nSPS) is 17.6. The van der Waals surface area contributed by atoms with Crippen molar-refractivity contribution in [1.29, 1.82) is 0 Å². The predicted molar refractivity (Wildman–Crippen MR) is 85.4 cm³/mol. The van der Waals surface area contributed by atoms with Crippen LogP contribution in [0.5, 0.6) is 0 Å². The third-order valence-electron chi connectivity index (χ3n) is 3.57. The first-order chi connectivity index (χ1) is 9.67. The highest BCUT2D eigenvalue weighted by Crippen LogP contribution is 2.38. The first-order valence-corrected chi connectivity index (χ1v) is 7.42. The molecule has 0 spiro atoms. The largest absolute Gasteiger partial charge is 0.326 e. The second-order valence-corrected chi connectivity index (χ2v) is 7.30. The van der Waals surface area contributed by atoms with Crippen LogP contribution < -0.4 is 10.6 Å². The van der Waals surface area contributed by atoms with Gasteiger partial charge >= 0.3 is 0 Å². The van der Waals surface area contributed by atoms with Crippen LogP contribution in [0.4, 0.5) is 11.4 Å². The first kappa shape index (κ1) is 15.5. The first-order valence-electron chi connectivity index (χ1n) is 7.42. The molecule has 21 heavy (non-hydrogen) atoms. The molecule has 4 nitrogen and oxygen atoms in total. The molecule has 0 saturated heterocycles. The molecule has 0 aromatic heterocycles. The van der Waals surface area contributed by atoms with Crippen LogP contribution in [-0.2, 0) is 9.59 Å². The Morgan fingerprint density at radius 3 is 2.57 bits per heavy atom. The zero-order valence-electron chi connectivity index (χ0n) is 13.4. The van der Waals surface area contributed by atoms with Crippen molar-refractivity contribution in [1.82, 2.24) is 0 Å². The summed E-state index contributed by atoms with van der Waals surface area (Å²) in [6.07, 6.45) is 0.467. The average Bonchev–Trinajstić information content (AvgIpc) is 2.61. The van der Waals surface area contributed by atoms with Gasteiger partial charge in [0, 0.05) is 17.8 Å². The van der Waals surface area contributed by atoms with Crippen LogP contribution in [0.15, 0.2) is 18.2 Å². The summed E-state index contributed by atoms with van der Waals surface area (Å²) in [4.78, 5) is 24.0. The Bertz CT molecular complexity index is 571. The third kappa shape index (κ3) is 3.63. The van der Waals surface area contributed by atoms with Gasteiger partial charge in [0.05, 0.1) is 5.92 Å². The molecule has 1 atom stereocenters. The van der Waals surface area contributed by atoms with Crippen molar-refractivity contribution in [3.63, 3.8) is 0 Å². The number of amides is 2. The number of hydrogen-bond donors (Lipinski definition) is 2. The highest BCUT2D eigenvalue weighted by molar-refractivity contribution is 6.04. The van der Waals surface area contributed by atoms with Crippen LogP contribution in [0.2, 0.25) is 0 Å². The minimum Gasteiger partial charge on any atom is -0.326 e. The van der Waals surface area contributed by atoms with E-state index in [0.717, 1.165) is 16.9 Å². The fourth-order valence-corrected chi connectivity index (χ4v) is 2.71. The molecule has 0 fully saturated rings. The van der Waals surface area contributed by atoms with Crippen molar-refractivity contribution >= 4 is 23.2 Å². The van der Waals surface area contributed by atoms with E-state index >= 15 is 0 Å². The van der Waals surface area contributed by atoms with Gasteiger partial charge in [0.25, 0.3) is 0 Å². The van der Waals surface area contributed by atoms with E-state index < -0.39 is 0 Å². The fourth-order valence-electron chi connectivity index (χ4n) is 2.71. The average molecular weight is 288 g/mol. The lowest BCUT2D eigenvalue weighted by molar-refractivity contribution is -0.118. The van der Waals surface area contributed by atoms with Gasteiger partial charge in [0.2, 0.25) is 11.8 Å². The summed E-state index contributed by atoms with van der Waals surface area (Å²) in [5.41, 5.74) is 2.54. The van der Waals surface area contributed by atoms with E-state index in [-0.39, 0.29) is 29.1 Å². The van der Waals surface area contributed by atoms with Gasteiger partial charge in [0.1, 0.15) is 0 Å². The Labute approximate surface area is 126 Å². The summed E-state index contributed by atoms with van der Waals surface area (Å²) in [7, 11) is 0. The van der Waals surface area contributed by atoms with Crippen molar-refractivity contribution in [2.45, 2.75) is 47.0 Å². The number of benzene rings is 1. The Morgan fingerprint density at radius 2 is 2.00 bits per heavy atom. The lowest BCUT2D eigenvalue weighted by Crippen LogP contribution is -2.20. The summed E-state index contributed by atoms with van der Waals surface area (Å²) in [6.45, 7) is 10.2. The lowest BCUT2D eigenvalue weighted by atomic mass is 9.89. The number of anilines is 2. The number of fused-ring (bicyclic) bond motifs is 1. The Morgan fingerprint density at radius 1 is 1.33 bits per heavy atom. The number of carbonyl (C=O) groups is 2. The Kier molecular flexibility index (Phi) is 4.08. The monoisotopic (exact) mass is 288 g/mol. The van der Waals surface area contributed by atoms with Crippen molar-refractivity contribution < 1.29 is 9.59 Å². The predicted octanol–water partition coefficient (Wildman–Crippen LogP) is 3.75. The van der Waals surface area contributed by atoms with Crippen LogP contribution in [0.1, 0.15) is 52.5 Å². The molecule has 1 aromatic rings. The molecule has 0 radical (unpaired) electrons. The lowest BCUT2D eigenvalue weighted by Gasteiger charge is -2.18. The molecule has 1 unspecified atom stereocenters. The summed E-state index contributed by atoms with van der Waals surface area (Å²) in [6, 6.07) is 5.61. The van der Waals surface area contributed by atoms with Crippen molar-refractivity contribution in [2.75, 3.05) is 10.6 Å². The molecule has 2 N–H and O–H groups in total. The summed E-state index contributed by atoms with van der Waals surface area (Å²) in [5.74, 6) is 0.130. The van der Waals surface area contributed by atoms with E-state index in [9.17, 15) is 9.59 Å². The van der Waals surface area contributed by atoms with Crippen LogP contribution in [0.25, 0.3) is 0 Å². The van der Waals surface area contributed by atoms with E-state index in [1.54, 1.807) is 0 Å². The molecule has 0 saturated carbocycles. The zero-order chi connectivity index (χ0) is 15.8. The van der Waals surface area contributed by atoms with Crippen LogP contribution in [0, 0.1) is 11.3 Å². The van der Waals surface area contributed by atoms with Crippen LogP contribution in [0.3, 0.4) is 0 Å². The standard InChI is InChI=1S/C17H24N2O2/c1-10(2)15-12-8-11(6-7-13(12)19-16(15)21)18-14(20)9-17(3,4)5/h6-8,10,15H,9H2,1-5H3,(H,18,20)(H,19,21). The Hall–Kier alpha value is -1.84. The van der Waals surface area contributed by atoms with E-state index in [1.807, 2.05) is 52.8 Å². The zero-order valence-corrected chi connectivity index (χ0v) is 13.4. The minimum atomic E-state index is -0.139. The van der Waals surface area contributed by atoms with Gasteiger partial charge in [-0.25, -0.2) is 0 Å². The van der Waals surface area contributed by atoms with Gasteiger partial charge in [-0.3, -0.25) is 9.59 Å². The molecule has 114 valence electrons. The maximum Gasteiger partial charge on any atom is 0.232 e. The van der Waals surface area contributed by atoms with Gasteiger partial charge in [-0.1, -0.05) is 34.6 Å². The quantitative estimate of drug-likeness (QED) is 0.890. The highest BCUT2D eigenvalue weighted by Gasteiger charge is 2.33. The number of nitrogens with one attached hydrogen (secondary N) is 2. The molecule has 2 amide bonds. The van der Waals surface area contributed by atoms with Crippen LogP contribution >= 0.6 is 0 Å². The molecule has 1 heterocycles. The minimum absolute atomic E-state index is 0.000768. The second-order valence-electron chi connectivity index (χ2n) is 7.30. The van der Waals surface area contributed by atoms with Gasteiger partial charge < -0.3 is 10.6 Å². The molecular formula is C17H24N2O2. The molecule has 1 aliphatic heterocycles. The molecule has 1 aliphatic rings. The summed E-state index contributed by atoms with van der Waals surface area (Å²) >= 11 is 0. The maximum atomic E-state index is 12.0. The van der Waals surface area contributed by atoms with Crippen molar-refractivity contribution in [2.24, 2.45) is 11.3 Å². The van der Waals surface area contributed by atoms with E-state index in [2.05, 4.69) is 10.6 Å². The summed E-state index contributed by atoms with van der Waals surface area (Å²) in [5, 5.41) is 5.82. The van der Waals surface area contributed by atoms with Gasteiger partial charge in [-0.2, -0.15) is 0 Å². The third-order valence-corrected chi connectivity index (χ3v) is 3.57. The van der Waals surface area contributed by atoms with Gasteiger partial charge in [0.15, 0.2) is 0 Å². The van der Waals surface area contributed by atoms with E-state index in [0.29, 0.717) is 6.42 Å².